The van der Waals surface area contributed by atoms with Crippen molar-refractivity contribution >= 4 is 5.91 Å². The summed E-state index contributed by atoms with van der Waals surface area (Å²) < 4.78 is 5.33. The summed E-state index contributed by atoms with van der Waals surface area (Å²) in [5.74, 6) is 0.569. The Bertz CT molecular complexity index is 246. The Morgan fingerprint density at radius 1 is 1.35 bits per heavy atom. The van der Waals surface area contributed by atoms with Crippen LogP contribution >= 0.6 is 0 Å². The van der Waals surface area contributed by atoms with Gasteiger partial charge in [-0.05, 0) is 32.2 Å². The van der Waals surface area contributed by atoms with Gasteiger partial charge in [0, 0.05) is 38.3 Å². The highest BCUT2D eigenvalue weighted by molar-refractivity contribution is 5.79. The number of hydrogen-bond acceptors (Lipinski definition) is 3. The van der Waals surface area contributed by atoms with Crippen LogP contribution in [0.2, 0.25) is 0 Å². The predicted molar refractivity (Wildman–Crippen MR) is 66.8 cm³/mol. The first-order valence-corrected chi connectivity index (χ1v) is 6.92. The van der Waals surface area contributed by atoms with E-state index in [2.05, 4.69) is 17.1 Å². The third-order valence-electron chi connectivity index (χ3n) is 3.79. The topological polar surface area (TPSA) is 41.6 Å². The van der Waals surface area contributed by atoms with E-state index < -0.39 is 0 Å². The fourth-order valence-corrected chi connectivity index (χ4v) is 2.80. The first-order valence-electron chi connectivity index (χ1n) is 6.92. The number of rotatable bonds is 4. The van der Waals surface area contributed by atoms with Crippen molar-refractivity contribution in [3.8, 4) is 0 Å². The Labute approximate surface area is 104 Å². The first-order chi connectivity index (χ1) is 8.33. The molecular formula is C13H24N2O2. The summed E-state index contributed by atoms with van der Waals surface area (Å²) in [4.78, 5) is 14.6. The first kappa shape index (κ1) is 12.8. The number of carbonyl (C=O) groups is 1. The number of nitrogens with one attached hydrogen (secondary N) is 1. The standard InChI is InChI=1S/C13H24N2O2/c1-2-7-15(12-3-6-14-10-12)13(16)11-4-8-17-9-5-11/h11-12,14H,2-10H2,1H3. The Morgan fingerprint density at radius 3 is 2.71 bits per heavy atom. The predicted octanol–water partition coefficient (Wildman–Crippen LogP) is 1.01. The minimum absolute atomic E-state index is 0.205. The lowest BCUT2D eigenvalue weighted by Crippen LogP contribution is -2.46. The summed E-state index contributed by atoms with van der Waals surface area (Å²) in [6.45, 7) is 6.56. The number of carbonyl (C=O) groups excluding carboxylic acids is 1. The van der Waals surface area contributed by atoms with Gasteiger partial charge in [-0.1, -0.05) is 6.92 Å². The Balaban J connectivity index is 1.95. The lowest BCUT2D eigenvalue weighted by molar-refractivity contribution is -0.140. The molecule has 4 nitrogen and oxygen atoms in total. The van der Waals surface area contributed by atoms with Gasteiger partial charge in [-0.15, -0.1) is 0 Å². The van der Waals surface area contributed by atoms with Gasteiger partial charge in [-0.2, -0.15) is 0 Å². The molecule has 1 unspecified atom stereocenters. The zero-order chi connectivity index (χ0) is 12.1. The van der Waals surface area contributed by atoms with E-state index in [1.165, 1.54) is 0 Å². The molecule has 0 aromatic rings. The second-order valence-corrected chi connectivity index (χ2v) is 5.06. The summed E-state index contributed by atoms with van der Waals surface area (Å²) in [6, 6.07) is 0.422. The van der Waals surface area contributed by atoms with Gasteiger partial charge in [0.05, 0.1) is 0 Å². The summed E-state index contributed by atoms with van der Waals surface area (Å²) in [6.07, 6.45) is 3.96. The maximum atomic E-state index is 12.5. The molecule has 2 saturated heterocycles. The molecule has 2 aliphatic rings. The maximum absolute atomic E-state index is 12.5. The molecule has 4 heteroatoms. The molecular weight excluding hydrogens is 216 g/mol. The quantitative estimate of drug-likeness (QED) is 0.797. The van der Waals surface area contributed by atoms with Crippen molar-refractivity contribution < 1.29 is 9.53 Å². The average Bonchev–Trinajstić information content (AvgIpc) is 2.90. The van der Waals surface area contributed by atoms with Crippen molar-refractivity contribution in [1.29, 1.82) is 0 Å². The second-order valence-electron chi connectivity index (χ2n) is 5.06. The van der Waals surface area contributed by atoms with Crippen LogP contribution in [0.15, 0.2) is 0 Å². The Hall–Kier alpha value is -0.610. The number of amides is 1. The summed E-state index contributed by atoms with van der Waals surface area (Å²) in [5, 5.41) is 3.35. The van der Waals surface area contributed by atoms with Gasteiger partial charge < -0.3 is 15.0 Å². The molecule has 2 heterocycles. The molecule has 1 N–H and O–H groups in total. The van der Waals surface area contributed by atoms with Crippen LogP contribution in [0.5, 0.6) is 0 Å². The van der Waals surface area contributed by atoms with E-state index in [0.717, 1.165) is 58.5 Å². The minimum atomic E-state index is 0.205. The molecule has 2 fully saturated rings. The summed E-state index contributed by atoms with van der Waals surface area (Å²) >= 11 is 0. The zero-order valence-electron chi connectivity index (χ0n) is 10.8. The van der Waals surface area contributed by atoms with Crippen LogP contribution in [0.3, 0.4) is 0 Å². The van der Waals surface area contributed by atoms with Crippen molar-refractivity contribution in [3.05, 3.63) is 0 Å². The van der Waals surface area contributed by atoms with E-state index in [4.69, 9.17) is 4.74 Å². The molecule has 0 aromatic carbocycles. The van der Waals surface area contributed by atoms with E-state index in [1.54, 1.807) is 0 Å². The average molecular weight is 240 g/mol. The summed E-state index contributed by atoms with van der Waals surface area (Å²) in [5.41, 5.74) is 0. The van der Waals surface area contributed by atoms with Crippen molar-refractivity contribution in [2.45, 2.75) is 38.6 Å². The van der Waals surface area contributed by atoms with Crippen LogP contribution in [-0.2, 0) is 9.53 Å². The van der Waals surface area contributed by atoms with Gasteiger partial charge in [0.25, 0.3) is 0 Å². The van der Waals surface area contributed by atoms with E-state index in [1.807, 2.05) is 0 Å². The Kier molecular flexibility index (Phi) is 4.80. The third kappa shape index (κ3) is 3.19. The Morgan fingerprint density at radius 2 is 2.12 bits per heavy atom. The molecule has 0 spiro atoms. The third-order valence-corrected chi connectivity index (χ3v) is 3.79. The monoisotopic (exact) mass is 240 g/mol. The zero-order valence-corrected chi connectivity index (χ0v) is 10.8. The maximum Gasteiger partial charge on any atom is 0.226 e. The largest absolute Gasteiger partial charge is 0.381 e. The van der Waals surface area contributed by atoms with Crippen molar-refractivity contribution in [2.24, 2.45) is 5.92 Å². The molecule has 2 rings (SSSR count). The second kappa shape index (κ2) is 6.36. The molecule has 2 aliphatic heterocycles. The van der Waals surface area contributed by atoms with E-state index in [9.17, 15) is 4.79 Å². The molecule has 1 atom stereocenters. The lowest BCUT2D eigenvalue weighted by atomic mass is 9.97. The number of nitrogens with zero attached hydrogens (tertiary/aromatic N) is 1. The SMILES string of the molecule is CCCN(C(=O)C1CCOCC1)C1CCNC1. The lowest BCUT2D eigenvalue weighted by Gasteiger charge is -2.33. The molecule has 1 amide bonds. The molecule has 98 valence electrons. The van der Waals surface area contributed by atoms with Crippen LogP contribution in [0, 0.1) is 5.92 Å². The van der Waals surface area contributed by atoms with Gasteiger partial charge in [0.15, 0.2) is 0 Å². The normalized spacial score (nSPS) is 26.1. The van der Waals surface area contributed by atoms with E-state index in [0.29, 0.717) is 11.9 Å². The highest BCUT2D eigenvalue weighted by Gasteiger charge is 2.31. The van der Waals surface area contributed by atoms with E-state index in [-0.39, 0.29) is 5.92 Å². The van der Waals surface area contributed by atoms with Crippen molar-refractivity contribution in [2.75, 3.05) is 32.8 Å². The molecule has 0 aliphatic carbocycles. The molecule has 17 heavy (non-hydrogen) atoms. The minimum Gasteiger partial charge on any atom is -0.381 e. The molecule has 0 radical (unpaired) electrons. The van der Waals surface area contributed by atoms with Gasteiger partial charge >= 0.3 is 0 Å². The van der Waals surface area contributed by atoms with E-state index >= 15 is 0 Å². The van der Waals surface area contributed by atoms with Gasteiger partial charge in [-0.3, -0.25) is 4.79 Å². The summed E-state index contributed by atoms with van der Waals surface area (Å²) in [7, 11) is 0. The van der Waals surface area contributed by atoms with Crippen LogP contribution < -0.4 is 5.32 Å². The van der Waals surface area contributed by atoms with Crippen LogP contribution in [0.1, 0.15) is 32.6 Å². The van der Waals surface area contributed by atoms with Crippen molar-refractivity contribution in [1.82, 2.24) is 10.2 Å². The highest BCUT2D eigenvalue weighted by atomic mass is 16.5. The van der Waals surface area contributed by atoms with Gasteiger partial charge in [0.2, 0.25) is 5.91 Å². The molecule has 0 saturated carbocycles. The fraction of sp³-hybridized carbons (Fsp3) is 0.923. The van der Waals surface area contributed by atoms with Crippen LogP contribution in [0.4, 0.5) is 0 Å². The van der Waals surface area contributed by atoms with Crippen LogP contribution in [0.25, 0.3) is 0 Å². The van der Waals surface area contributed by atoms with Gasteiger partial charge in [-0.25, -0.2) is 0 Å². The molecule has 0 bridgehead atoms. The number of ether oxygens (including phenoxy) is 1. The number of hydrogen-bond donors (Lipinski definition) is 1. The van der Waals surface area contributed by atoms with Crippen LogP contribution in [-0.4, -0.2) is 49.7 Å². The molecule has 0 aromatic heterocycles. The van der Waals surface area contributed by atoms with Crippen molar-refractivity contribution in [3.63, 3.8) is 0 Å². The highest BCUT2D eigenvalue weighted by Crippen LogP contribution is 2.21. The smallest absolute Gasteiger partial charge is 0.226 e. The van der Waals surface area contributed by atoms with Gasteiger partial charge in [0.1, 0.15) is 0 Å². The fourth-order valence-electron chi connectivity index (χ4n) is 2.80.